The summed E-state index contributed by atoms with van der Waals surface area (Å²) in [5.74, 6) is 0. The average Bonchev–Trinajstić information content (AvgIpc) is 2.27. The number of rotatable bonds is 2. The van der Waals surface area contributed by atoms with Gasteiger partial charge in [0.1, 0.15) is 0 Å². The highest BCUT2D eigenvalue weighted by Crippen LogP contribution is 2.23. The number of nitrogens with one attached hydrogen (secondary N) is 1. The molecule has 2 rings (SSSR count). The Balaban J connectivity index is 2.05. The van der Waals surface area contributed by atoms with Gasteiger partial charge in [-0.25, -0.2) is 0 Å². The summed E-state index contributed by atoms with van der Waals surface area (Å²) in [5.41, 5.74) is 1.23. The molecule has 0 radical (unpaired) electrons. The van der Waals surface area contributed by atoms with Gasteiger partial charge in [0.15, 0.2) is 0 Å². The summed E-state index contributed by atoms with van der Waals surface area (Å²) in [6.07, 6.45) is 0. The first kappa shape index (κ1) is 12.2. The first-order valence-electron chi connectivity index (χ1n) is 5.55. The second-order valence-corrected chi connectivity index (χ2v) is 5.09. The fourth-order valence-electron chi connectivity index (χ4n) is 1.99. The molecule has 1 fully saturated rings. The van der Waals surface area contributed by atoms with Crippen LogP contribution < -0.4 is 5.32 Å². The van der Waals surface area contributed by atoms with Crippen LogP contribution in [0.2, 0.25) is 10.0 Å². The second kappa shape index (κ2) is 5.37. The second-order valence-electron chi connectivity index (χ2n) is 4.27. The quantitative estimate of drug-likeness (QED) is 0.878. The molecule has 0 unspecified atom stereocenters. The maximum Gasteiger partial charge on any atom is 0.0595 e. The van der Waals surface area contributed by atoms with Gasteiger partial charge in [-0.2, -0.15) is 0 Å². The van der Waals surface area contributed by atoms with E-state index in [1.54, 1.807) is 0 Å². The van der Waals surface area contributed by atoms with Crippen LogP contribution >= 0.6 is 23.2 Å². The van der Waals surface area contributed by atoms with Gasteiger partial charge in [-0.15, -0.1) is 0 Å². The number of piperazine rings is 1. The van der Waals surface area contributed by atoms with Crippen molar-refractivity contribution >= 4 is 23.2 Å². The molecule has 0 saturated carbocycles. The summed E-state index contributed by atoms with van der Waals surface area (Å²) in [7, 11) is 0. The van der Waals surface area contributed by atoms with Crippen LogP contribution in [0.5, 0.6) is 0 Å². The van der Waals surface area contributed by atoms with Crippen LogP contribution in [0.3, 0.4) is 0 Å². The fourth-order valence-corrected chi connectivity index (χ4v) is 2.31. The van der Waals surface area contributed by atoms with Crippen LogP contribution in [0, 0.1) is 0 Å². The van der Waals surface area contributed by atoms with E-state index in [0.717, 1.165) is 26.2 Å². The van der Waals surface area contributed by atoms with Crippen molar-refractivity contribution in [2.45, 2.75) is 19.5 Å². The van der Waals surface area contributed by atoms with Gasteiger partial charge >= 0.3 is 0 Å². The number of benzene rings is 1. The largest absolute Gasteiger partial charge is 0.314 e. The minimum atomic E-state index is 0.572. The van der Waals surface area contributed by atoms with Crippen molar-refractivity contribution in [1.29, 1.82) is 0 Å². The van der Waals surface area contributed by atoms with E-state index in [4.69, 9.17) is 23.2 Å². The molecule has 1 aliphatic heterocycles. The molecule has 0 amide bonds. The van der Waals surface area contributed by atoms with Crippen molar-refractivity contribution in [3.05, 3.63) is 33.8 Å². The van der Waals surface area contributed by atoms with E-state index in [2.05, 4.69) is 17.1 Å². The third-order valence-electron chi connectivity index (χ3n) is 3.01. The molecule has 4 heteroatoms. The highest BCUT2D eigenvalue weighted by Gasteiger charge is 2.17. The molecule has 1 heterocycles. The Morgan fingerprint density at radius 2 is 2.19 bits per heavy atom. The molecule has 88 valence electrons. The summed E-state index contributed by atoms with van der Waals surface area (Å²) < 4.78 is 0. The Labute approximate surface area is 107 Å². The molecule has 16 heavy (non-hydrogen) atoms. The van der Waals surface area contributed by atoms with Crippen molar-refractivity contribution in [2.75, 3.05) is 19.6 Å². The van der Waals surface area contributed by atoms with Crippen molar-refractivity contribution in [2.24, 2.45) is 0 Å². The monoisotopic (exact) mass is 258 g/mol. The zero-order chi connectivity index (χ0) is 11.5. The van der Waals surface area contributed by atoms with Gasteiger partial charge in [-0.05, 0) is 24.6 Å². The van der Waals surface area contributed by atoms with Gasteiger partial charge < -0.3 is 5.32 Å². The topological polar surface area (TPSA) is 15.3 Å². The van der Waals surface area contributed by atoms with E-state index in [1.165, 1.54) is 5.56 Å². The average molecular weight is 259 g/mol. The molecular formula is C12H16Cl2N2. The lowest BCUT2D eigenvalue weighted by molar-refractivity contribution is 0.165. The molecule has 1 aliphatic rings. The molecule has 0 aliphatic carbocycles. The van der Waals surface area contributed by atoms with E-state index in [0.29, 0.717) is 16.1 Å². The summed E-state index contributed by atoms with van der Waals surface area (Å²) in [4.78, 5) is 2.45. The Hall–Kier alpha value is -0.280. The van der Waals surface area contributed by atoms with E-state index in [-0.39, 0.29) is 0 Å². The summed E-state index contributed by atoms with van der Waals surface area (Å²) in [6, 6.07) is 6.44. The summed E-state index contributed by atoms with van der Waals surface area (Å²) in [6.45, 7) is 6.39. The van der Waals surface area contributed by atoms with Crippen LogP contribution in [0.1, 0.15) is 12.5 Å². The predicted octanol–water partition coefficient (Wildman–Crippen LogP) is 2.79. The molecule has 1 atom stereocenters. The summed E-state index contributed by atoms with van der Waals surface area (Å²) >= 11 is 11.9. The third kappa shape index (κ3) is 2.89. The van der Waals surface area contributed by atoms with E-state index in [1.807, 2.05) is 18.2 Å². The standard InChI is InChI=1S/C12H16Cl2N2/c1-9-7-15-4-5-16(9)8-10-2-3-11(13)12(14)6-10/h2-3,6,9,15H,4-5,7-8H2,1H3/t9-/m0/s1. The molecule has 0 spiro atoms. The van der Waals surface area contributed by atoms with E-state index < -0.39 is 0 Å². The van der Waals surface area contributed by atoms with Gasteiger partial charge in [0.2, 0.25) is 0 Å². The highest BCUT2D eigenvalue weighted by molar-refractivity contribution is 6.42. The van der Waals surface area contributed by atoms with Crippen molar-refractivity contribution < 1.29 is 0 Å². The number of nitrogens with zero attached hydrogens (tertiary/aromatic N) is 1. The minimum absolute atomic E-state index is 0.572. The van der Waals surface area contributed by atoms with Gasteiger partial charge in [0.25, 0.3) is 0 Å². The van der Waals surface area contributed by atoms with Gasteiger partial charge in [-0.1, -0.05) is 29.3 Å². The first-order valence-corrected chi connectivity index (χ1v) is 6.31. The molecular weight excluding hydrogens is 243 g/mol. The van der Waals surface area contributed by atoms with Gasteiger partial charge in [0.05, 0.1) is 10.0 Å². The third-order valence-corrected chi connectivity index (χ3v) is 3.75. The first-order chi connectivity index (χ1) is 7.66. The van der Waals surface area contributed by atoms with Crippen LogP contribution in [0.4, 0.5) is 0 Å². The normalized spacial score (nSPS) is 22.3. The van der Waals surface area contributed by atoms with Crippen molar-refractivity contribution in [3.8, 4) is 0 Å². The molecule has 1 aromatic carbocycles. The number of halogens is 2. The summed E-state index contributed by atoms with van der Waals surface area (Å²) in [5, 5.41) is 4.65. The smallest absolute Gasteiger partial charge is 0.0595 e. The van der Waals surface area contributed by atoms with Gasteiger partial charge in [-0.3, -0.25) is 4.90 Å². The SMILES string of the molecule is C[C@H]1CNCCN1Cc1ccc(Cl)c(Cl)c1. The number of hydrogen-bond donors (Lipinski definition) is 1. The zero-order valence-corrected chi connectivity index (χ0v) is 10.9. The highest BCUT2D eigenvalue weighted by atomic mass is 35.5. The molecule has 1 aromatic rings. The Kier molecular flexibility index (Phi) is 4.09. The van der Waals surface area contributed by atoms with Crippen molar-refractivity contribution in [1.82, 2.24) is 10.2 Å². The van der Waals surface area contributed by atoms with Crippen molar-refractivity contribution in [3.63, 3.8) is 0 Å². The van der Waals surface area contributed by atoms with Crippen LogP contribution in [-0.2, 0) is 6.54 Å². The lowest BCUT2D eigenvalue weighted by Crippen LogP contribution is -2.49. The maximum atomic E-state index is 6.01. The molecule has 2 nitrogen and oxygen atoms in total. The van der Waals surface area contributed by atoms with E-state index >= 15 is 0 Å². The Bertz CT molecular complexity index is 368. The van der Waals surface area contributed by atoms with Crippen LogP contribution in [0.15, 0.2) is 18.2 Å². The molecule has 0 aromatic heterocycles. The molecule has 1 N–H and O–H groups in total. The molecule has 0 bridgehead atoms. The fraction of sp³-hybridized carbons (Fsp3) is 0.500. The predicted molar refractivity (Wildman–Crippen MR) is 69.2 cm³/mol. The van der Waals surface area contributed by atoms with Crippen LogP contribution in [-0.4, -0.2) is 30.6 Å². The molecule has 1 saturated heterocycles. The van der Waals surface area contributed by atoms with Gasteiger partial charge in [0, 0.05) is 32.2 Å². The Morgan fingerprint density at radius 1 is 1.38 bits per heavy atom. The Morgan fingerprint density at radius 3 is 2.88 bits per heavy atom. The lowest BCUT2D eigenvalue weighted by Gasteiger charge is -2.33. The lowest BCUT2D eigenvalue weighted by atomic mass is 10.1. The maximum absolute atomic E-state index is 6.01. The van der Waals surface area contributed by atoms with Crippen LogP contribution in [0.25, 0.3) is 0 Å². The minimum Gasteiger partial charge on any atom is -0.314 e. The zero-order valence-electron chi connectivity index (χ0n) is 9.34. The van der Waals surface area contributed by atoms with E-state index in [9.17, 15) is 0 Å². The number of hydrogen-bond acceptors (Lipinski definition) is 2.